The first-order valence-electron chi connectivity index (χ1n) is 9.56. The number of benzene rings is 1. The van der Waals surface area contributed by atoms with Gasteiger partial charge in [-0.1, -0.05) is 31.7 Å². The Morgan fingerprint density at radius 3 is 2.52 bits per heavy atom. The van der Waals surface area contributed by atoms with Gasteiger partial charge in [-0.2, -0.15) is 0 Å². The Morgan fingerprint density at radius 2 is 1.93 bits per heavy atom. The molecule has 1 N–H and O–H groups in total. The molecule has 0 aliphatic heterocycles. The molecule has 1 amide bonds. The molecule has 3 rings (SSSR count). The number of aromatic nitrogens is 3. The number of carbonyl (C=O) groups is 1. The van der Waals surface area contributed by atoms with Crippen LogP contribution in [-0.4, -0.2) is 52.7 Å². The summed E-state index contributed by atoms with van der Waals surface area (Å²) in [4.78, 5) is 12.8. The van der Waals surface area contributed by atoms with Gasteiger partial charge >= 0.3 is 0 Å². The van der Waals surface area contributed by atoms with E-state index in [1.165, 1.54) is 38.0 Å². The summed E-state index contributed by atoms with van der Waals surface area (Å²) in [6, 6.07) is 6.69. The molecule has 1 aliphatic rings. The number of hydrogen-bond acceptors (Lipinski definition) is 6. The van der Waals surface area contributed by atoms with Crippen molar-refractivity contribution in [2.24, 2.45) is 0 Å². The predicted molar refractivity (Wildman–Crippen MR) is 114 cm³/mol. The summed E-state index contributed by atoms with van der Waals surface area (Å²) in [5, 5.41) is 11.8. The average Bonchev–Trinajstić information content (AvgIpc) is 3.41. The van der Waals surface area contributed by atoms with Gasteiger partial charge in [-0.25, -0.2) is 12.7 Å². The Balaban J connectivity index is 1.73. The van der Waals surface area contributed by atoms with E-state index in [1.807, 2.05) is 0 Å². The zero-order chi connectivity index (χ0) is 21.3. The number of sulfonamides is 1. The standard InChI is InChI=1S/C19H27N5O3S2/c1-12(2)17-21-22-19(24(17)15-9-10-15)28-13(3)18(25)20-14-7-6-8-16(11-14)29(26,27)23(4)5/h6-8,11-13,15H,9-10H2,1-5H3,(H,20,25)/t13-/m0/s1. The number of rotatable bonds is 8. The number of anilines is 1. The van der Waals surface area contributed by atoms with Crippen LogP contribution in [0.25, 0.3) is 0 Å². The molecule has 1 aliphatic carbocycles. The number of carbonyl (C=O) groups excluding carboxylic acids is 1. The van der Waals surface area contributed by atoms with Crippen molar-refractivity contribution in [3.63, 3.8) is 0 Å². The molecule has 0 radical (unpaired) electrons. The van der Waals surface area contributed by atoms with E-state index in [9.17, 15) is 13.2 Å². The molecule has 1 atom stereocenters. The van der Waals surface area contributed by atoms with Crippen LogP contribution >= 0.6 is 11.8 Å². The fourth-order valence-corrected chi connectivity index (χ4v) is 4.71. The summed E-state index contributed by atoms with van der Waals surface area (Å²) < 4.78 is 27.9. The highest BCUT2D eigenvalue weighted by Crippen LogP contribution is 2.40. The predicted octanol–water partition coefficient (Wildman–Crippen LogP) is 3.11. The lowest BCUT2D eigenvalue weighted by Crippen LogP contribution is -2.24. The number of amides is 1. The first-order valence-corrected chi connectivity index (χ1v) is 11.9. The molecular formula is C19H27N5O3S2. The molecule has 1 saturated carbocycles. The van der Waals surface area contributed by atoms with Gasteiger partial charge in [0.15, 0.2) is 5.16 Å². The van der Waals surface area contributed by atoms with E-state index in [2.05, 4.69) is 33.9 Å². The minimum absolute atomic E-state index is 0.135. The first-order chi connectivity index (χ1) is 13.6. The van der Waals surface area contributed by atoms with E-state index in [4.69, 9.17) is 0 Å². The zero-order valence-corrected chi connectivity index (χ0v) is 18.9. The van der Waals surface area contributed by atoms with Gasteiger partial charge in [0, 0.05) is 31.7 Å². The number of nitrogens with one attached hydrogen (secondary N) is 1. The highest BCUT2D eigenvalue weighted by Gasteiger charge is 2.31. The Kier molecular flexibility index (Phi) is 6.35. The number of hydrogen-bond donors (Lipinski definition) is 1. The summed E-state index contributed by atoms with van der Waals surface area (Å²) in [7, 11) is -0.617. The fraction of sp³-hybridized carbons (Fsp3) is 0.526. The third-order valence-corrected chi connectivity index (χ3v) is 7.52. The second-order valence-electron chi connectivity index (χ2n) is 7.66. The largest absolute Gasteiger partial charge is 0.325 e. The van der Waals surface area contributed by atoms with Crippen LogP contribution in [0.5, 0.6) is 0 Å². The van der Waals surface area contributed by atoms with Crippen molar-refractivity contribution in [1.82, 2.24) is 19.1 Å². The van der Waals surface area contributed by atoms with Crippen molar-refractivity contribution < 1.29 is 13.2 Å². The van der Waals surface area contributed by atoms with Gasteiger partial charge in [0.05, 0.1) is 10.1 Å². The monoisotopic (exact) mass is 437 g/mol. The maximum atomic E-state index is 12.7. The van der Waals surface area contributed by atoms with E-state index in [1.54, 1.807) is 19.1 Å². The SMILES string of the molecule is CC(C)c1nnc(S[C@@H](C)C(=O)Nc2cccc(S(=O)(=O)N(C)C)c2)n1C1CC1. The average molecular weight is 438 g/mol. The van der Waals surface area contributed by atoms with Crippen LogP contribution in [-0.2, 0) is 14.8 Å². The molecule has 0 saturated heterocycles. The highest BCUT2D eigenvalue weighted by molar-refractivity contribution is 8.00. The molecule has 1 aromatic heterocycles. The topological polar surface area (TPSA) is 97.2 Å². The van der Waals surface area contributed by atoms with Crippen LogP contribution in [0, 0.1) is 0 Å². The lowest BCUT2D eigenvalue weighted by molar-refractivity contribution is -0.115. The van der Waals surface area contributed by atoms with Crippen molar-refractivity contribution in [3.05, 3.63) is 30.1 Å². The third kappa shape index (κ3) is 4.81. The smallest absolute Gasteiger partial charge is 0.242 e. The molecule has 1 aromatic carbocycles. The molecule has 1 fully saturated rings. The molecule has 1 heterocycles. The van der Waals surface area contributed by atoms with E-state index >= 15 is 0 Å². The maximum absolute atomic E-state index is 12.7. The fourth-order valence-electron chi connectivity index (χ4n) is 2.84. The van der Waals surface area contributed by atoms with Crippen LogP contribution in [0.1, 0.15) is 51.4 Å². The first kappa shape index (κ1) is 21.8. The molecule has 158 valence electrons. The molecule has 0 spiro atoms. The van der Waals surface area contributed by atoms with Gasteiger partial charge in [0.2, 0.25) is 15.9 Å². The summed E-state index contributed by atoms with van der Waals surface area (Å²) in [6.07, 6.45) is 2.22. The molecule has 8 nitrogen and oxygen atoms in total. The molecule has 2 aromatic rings. The summed E-state index contributed by atoms with van der Waals surface area (Å²) >= 11 is 1.37. The van der Waals surface area contributed by atoms with E-state index in [-0.39, 0.29) is 16.7 Å². The summed E-state index contributed by atoms with van der Waals surface area (Å²) in [6.45, 7) is 5.98. The van der Waals surface area contributed by atoms with Gasteiger partial charge in [0.1, 0.15) is 5.82 Å². The minimum atomic E-state index is -3.56. The van der Waals surface area contributed by atoms with Crippen molar-refractivity contribution in [1.29, 1.82) is 0 Å². The van der Waals surface area contributed by atoms with Crippen LogP contribution in [0.4, 0.5) is 5.69 Å². The minimum Gasteiger partial charge on any atom is -0.325 e. The lowest BCUT2D eigenvalue weighted by Gasteiger charge is -2.15. The van der Waals surface area contributed by atoms with Crippen molar-refractivity contribution in [2.45, 2.75) is 60.9 Å². The van der Waals surface area contributed by atoms with Crippen LogP contribution < -0.4 is 5.32 Å². The van der Waals surface area contributed by atoms with Crippen molar-refractivity contribution in [2.75, 3.05) is 19.4 Å². The van der Waals surface area contributed by atoms with Gasteiger partial charge in [0.25, 0.3) is 0 Å². The lowest BCUT2D eigenvalue weighted by atomic mass is 10.2. The summed E-state index contributed by atoms with van der Waals surface area (Å²) in [5.74, 6) is 0.998. The number of thioether (sulfide) groups is 1. The van der Waals surface area contributed by atoms with E-state index < -0.39 is 15.3 Å². The normalized spacial score (nSPS) is 15.7. The third-order valence-electron chi connectivity index (χ3n) is 4.65. The zero-order valence-electron chi connectivity index (χ0n) is 17.3. The van der Waals surface area contributed by atoms with Gasteiger partial charge in [-0.05, 0) is 38.0 Å². The Bertz CT molecular complexity index is 997. The van der Waals surface area contributed by atoms with Crippen LogP contribution in [0.2, 0.25) is 0 Å². The maximum Gasteiger partial charge on any atom is 0.242 e. The van der Waals surface area contributed by atoms with Crippen LogP contribution in [0.15, 0.2) is 34.3 Å². The Labute approximate surface area is 176 Å². The second-order valence-corrected chi connectivity index (χ2v) is 11.1. The van der Waals surface area contributed by atoms with Gasteiger partial charge in [-0.15, -0.1) is 10.2 Å². The second kappa shape index (κ2) is 8.45. The van der Waals surface area contributed by atoms with Gasteiger partial charge < -0.3 is 9.88 Å². The van der Waals surface area contributed by atoms with Gasteiger partial charge in [-0.3, -0.25) is 4.79 Å². The number of nitrogens with zero attached hydrogens (tertiary/aromatic N) is 4. The van der Waals surface area contributed by atoms with E-state index in [0.717, 1.165) is 28.1 Å². The molecule has 10 heteroatoms. The Morgan fingerprint density at radius 1 is 1.24 bits per heavy atom. The quantitative estimate of drug-likeness (QED) is 0.638. The molecular weight excluding hydrogens is 410 g/mol. The molecule has 29 heavy (non-hydrogen) atoms. The Hall–Kier alpha value is -1.91. The molecule has 0 bridgehead atoms. The highest BCUT2D eigenvalue weighted by atomic mass is 32.2. The molecule has 0 unspecified atom stereocenters. The van der Waals surface area contributed by atoms with E-state index in [0.29, 0.717) is 11.7 Å². The van der Waals surface area contributed by atoms with Crippen LogP contribution in [0.3, 0.4) is 0 Å². The van der Waals surface area contributed by atoms with Crippen molar-refractivity contribution in [3.8, 4) is 0 Å². The van der Waals surface area contributed by atoms with Crippen molar-refractivity contribution >= 4 is 33.4 Å². The summed E-state index contributed by atoms with van der Waals surface area (Å²) in [5.41, 5.74) is 0.442.